The minimum absolute atomic E-state index is 0.0164. The number of hydrogen-bond donors (Lipinski definition) is 2. The van der Waals surface area contributed by atoms with Crippen LogP contribution in [0.15, 0.2) is 34.1 Å². The Kier molecular flexibility index (Phi) is 8.27. The van der Waals surface area contributed by atoms with Crippen LogP contribution in [-0.2, 0) is 21.8 Å². The number of aromatic nitrogens is 3. The summed E-state index contributed by atoms with van der Waals surface area (Å²) in [4.78, 5) is 44.9. The normalized spacial score (nSPS) is 10.8. The topological polar surface area (TPSA) is 123 Å². The van der Waals surface area contributed by atoms with Gasteiger partial charge in [0.05, 0.1) is 12.4 Å². The molecule has 2 aromatic heterocycles. The molecule has 10 heteroatoms. The number of carbonyl (C=O) groups excluding carboxylic acids is 1. The number of ether oxygens (including phenoxy) is 1. The van der Waals surface area contributed by atoms with Crippen LogP contribution in [0.3, 0.4) is 0 Å². The van der Waals surface area contributed by atoms with Gasteiger partial charge in [-0.2, -0.15) is 0 Å². The lowest BCUT2D eigenvalue weighted by atomic mass is 10.3. The average molecular weight is 407 g/mol. The lowest BCUT2D eigenvalue weighted by Crippen LogP contribution is -2.43. The molecule has 0 aliphatic carbocycles. The molecular weight excluding hydrogens is 382 g/mol. The SMILES string of the molecule is CCCn1c(N)c(N(CCOC)C(=O)CSCc2cccnc2)c(=O)[nH]c1=O. The van der Waals surface area contributed by atoms with Crippen LogP contribution >= 0.6 is 11.8 Å². The van der Waals surface area contributed by atoms with Gasteiger partial charge in [0.25, 0.3) is 5.56 Å². The number of pyridine rings is 1. The molecule has 0 saturated heterocycles. The summed E-state index contributed by atoms with van der Waals surface area (Å²) in [6.07, 6.45) is 4.08. The number of nitrogens with two attached hydrogens (primary N) is 1. The zero-order chi connectivity index (χ0) is 20.5. The molecule has 3 N–H and O–H groups in total. The van der Waals surface area contributed by atoms with E-state index in [1.54, 1.807) is 12.4 Å². The lowest BCUT2D eigenvalue weighted by Gasteiger charge is -2.24. The van der Waals surface area contributed by atoms with Gasteiger partial charge in [-0.25, -0.2) is 4.79 Å². The Bertz CT molecular complexity index is 897. The molecule has 0 aliphatic rings. The molecule has 152 valence electrons. The van der Waals surface area contributed by atoms with Crippen LogP contribution in [-0.4, -0.2) is 46.5 Å². The van der Waals surface area contributed by atoms with Crippen molar-refractivity contribution in [2.45, 2.75) is 25.6 Å². The van der Waals surface area contributed by atoms with Crippen LogP contribution in [0, 0.1) is 0 Å². The molecule has 0 bridgehead atoms. The quantitative estimate of drug-likeness (QED) is 0.598. The Labute approximate surface area is 166 Å². The molecule has 2 aromatic rings. The van der Waals surface area contributed by atoms with Crippen molar-refractivity contribution in [2.75, 3.05) is 36.6 Å². The molecule has 0 fully saturated rings. The maximum absolute atomic E-state index is 12.8. The third-order valence-electron chi connectivity index (χ3n) is 3.97. The first-order chi connectivity index (χ1) is 13.5. The standard InChI is InChI=1S/C18H25N5O4S/c1-3-7-23-16(19)15(17(25)21-18(23)26)22(8-9-27-2)14(24)12-28-11-13-5-4-6-20-10-13/h4-6,10H,3,7-9,11-12,19H2,1-2H3,(H,21,25,26). The number of H-pyrrole nitrogens is 1. The number of nitrogens with one attached hydrogen (secondary N) is 1. The van der Waals surface area contributed by atoms with Gasteiger partial charge in [-0.05, 0) is 18.1 Å². The summed E-state index contributed by atoms with van der Waals surface area (Å²) in [6.45, 7) is 2.61. The van der Waals surface area contributed by atoms with E-state index in [2.05, 4.69) is 9.97 Å². The van der Waals surface area contributed by atoms with Crippen LogP contribution in [0.4, 0.5) is 11.5 Å². The summed E-state index contributed by atoms with van der Waals surface area (Å²) < 4.78 is 6.34. The molecule has 9 nitrogen and oxygen atoms in total. The maximum atomic E-state index is 12.8. The molecular formula is C18H25N5O4S. The Morgan fingerprint density at radius 1 is 1.43 bits per heavy atom. The van der Waals surface area contributed by atoms with Gasteiger partial charge in [-0.1, -0.05) is 13.0 Å². The van der Waals surface area contributed by atoms with Crippen LogP contribution in [0.2, 0.25) is 0 Å². The van der Waals surface area contributed by atoms with Crippen LogP contribution < -0.4 is 21.9 Å². The Morgan fingerprint density at radius 2 is 2.21 bits per heavy atom. The van der Waals surface area contributed by atoms with Gasteiger partial charge >= 0.3 is 5.69 Å². The smallest absolute Gasteiger partial charge is 0.330 e. The summed E-state index contributed by atoms with van der Waals surface area (Å²) in [5, 5.41) is 0. The molecule has 0 atom stereocenters. The van der Waals surface area contributed by atoms with E-state index in [4.69, 9.17) is 10.5 Å². The Balaban J connectivity index is 2.25. The fourth-order valence-corrected chi connectivity index (χ4v) is 3.48. The van der Waals surface area contributed by atoms with E-state index >= 15 is 0 Å². The largest absolute Gasteiger partial charge is 0.383 e. The Hall–Kier alpha value is -2.59. The Morgan fingerprint density at radius 3 is 2.86 bits per heavy atom. The van der Waals surface area contributed by atoms with E-state index in [9.17, 15) is 14.4 Å². The molecule has 0 spiro atoms. The molecule has 0 unspecified atom stereocenters. The number of rotatable bonds is 10. The summed E-state index contributed by atoms with van der Waals surface area (Å²) in [5.41, 5.74) is 5.81. The fraction of sp³-hybridized carbons (Fsp3) is 0.444. The third-order valence-corrected chi connectivity index (χ3v) is 4.96. The summed E-state index contributed by atoms with van der Waals surface area (Å²) in [7, 11) is 1.51. The van der Waals surface area contributed by atoms with E-state index in [1.807, 2.05) is 19.1 Å². The predicted molar refractivity (Wildman–Crippen MR) is 111 cm³/mol. The van der Waals surface area contributed by atoms with Crippen molar-refractivity contribution >= 4 is 29.2 Å². The van der Waals surface area contributed by atoms with E-state index in [0.29, 0.717) is 18.7 Å². The highest BCUT2D eigenvalue weighted by Crippen LogP contribution is 2.19. The molecule has 0 radical (unpaired) electrons. The van der Waals surface area contributed by atoms with Crippen molar-refractivity contribution in [3.05, 3.63) is 50.9 Å². The highest BCUT2D eigenvalue weighted by atomic mass is 32.2. The number of anilines is 2. The minimum Gasteiger partial charge on any atom is -0.383 e. The van der Waals surface area contributed by atoms with E-state index < -0.39 is 11.2 Å². The number of thioether (sulfide) groups is 1. The number of amides is 1. The van der Waals surface area contributed by atoms with Crippen molar-refractivity contribution in [3.63, 3.8) is 0 Å². The van der Waals surface area contributed by atoms with Crippen molar-refractivity contribution in [1.29, 1.82) is 0 Å². The van der Waals surface area contributed by atoms with Crippen molar-refractivity contribution in [3.8, 4) is 0 Å². The zero-order valence-electron chi connectivity index (χ0n) is 16.0. The maximum Gasteiger partial charge on any atom is 0.330 e. The molecule has 2 rings (SSSR count). The number of methoxy groups -OCH3 is 1. The molecule has 0 aromatic carbocycles. The zero-order valence-corrected chi connectivity index (χ0v) is 16.8. The summed E-state index contributed by atoms with van der Waals surface area (Å²) >= 11 is 1.41. The molecule has 0 aliphatic heterocycles. The number of aromatic amines is 1. The van der Waals surface area contributed by atoms with Crippen LogP contribution in [0.1, 0.15) is 18.9 Å². The van der Waals surface area contributed by atoms with Gasteiger partial charge in [-0.15, -0.1) is 11.8 Å². The van der Waals surface area contributed by atoms with Crippen LogP contribution in [0.5, 0.6) is 0 Å². The van der Waals surface area contributed by atoms with Gasteiger partial charge in [0.1, 0.15) is 5.82 Å². The van der Waals surface area contributed by atoms with Gasteiger partial charge in [-0.3, -0.25) is 24.1 Å². The van der Waals surface area contributed by atoms with Gasteiger partial charge in [0.2, 0.25) is 5.91 Å². The van der Waals surface area contributed by atoms with Gasteiger partial charge in [0, 0.05) is 38.3 Å². The van der Waals surface area contributed by atoms with E-state index in [-0.39, 0.29) is 36.3 Å². The number of carbonyl (C=O) groups is 1. The second kappa shape index (κ2) is 10.7. The minimum atomic E-state index is -0.684. The number of nitrogens with zero attached hydrogens (tertiary/aromatic N) is 3. The van der Waals surface area contributed by atoms with Crippen molar-refractivity contribution in [1.82, 2.24) is 14.5 Å². The third kappa shape index (κ3) is 5.46. The number of hydrogen-bond acceptors (Lipinski definition) is 7. The highest BCUT2D eigenvalue weighted by molar-refractivity contribution is 7.99. The first kappa shape index (κ1) is 21.7. The fourth-order valence-electron chi connectivity index (χ4n) is 2.65. The molecule has 0 saturated carbocycles. The van der Waals surface area contributed by atoms with E-state index in [0.717, 1.165) is 5.56 Å². The predicted octanol–water partition coefficient (Wildman–Crippen LogP) is 0.837. The first-order valence-electron chi connectivity index (χ1n) is 8.88. The summed E-state index contributed by atoms with van der Waals surface area (Å²) in [5.74, 6) is 0.450. The average Bonchev–Trinajstić information content (AvgIpc) is 2.68. The van der Waals surface area contributed by atoms with Crippen molar-refractivity contribution < 1.29 is 9.53 Å². The number of nitrogen functional groups attached to an aromatic ring is 1. The van der Waals surface area contributed by atoms with E-state index in [1.165, 1.54) is 28.3 Å². The second-order valence-electron chi connectivity index (χ2n) is 6.04. The van der Waals surface area contributed by atoms with Gasteiger partial charge in [0.15, 0.2) is 5.69 Å². The van der Waals surface area contributed by atoms with Crippen molar-refractivity contribution in [2.24, 2.45) is 0 Å². The molecule has 2 heterocycles. The highest BCUT2D eigenvalue weighted by Gasteiger charge is 2.23. The van der Waals surface area contributed by atoms with Crippen LogP contribution in [0.25, 0.3) is 0 Å². The first-order valence-corrected chi connectivity index (χ1v) is 10.0. The molecule has 28 heavy (non-hydrogen) atoms. The molecule has 1 amide bonds. The second-order valence-corrected chi connectivity index (χ2v) is 7.02. The lowest BCUT2D eigenvalue weighted by molar-refractivity contribution is -0.116. The van der Waals surface area contributed by atoms with Gasteiger partial charge < -0.3 is 15.4 Å². The summed E-state index contributed by atoms with van der Waals surface area (Å²) in [6, 6.07) is 3.76. The monoisotopic (exact) mass is 407 g/mol.